The molecule has 2 heterocycles. The second-order valence-corrected chi connectivity index (χ2v) is 5.06. The molecule has 0 aromatic heterocycles. The van der Waals surface area contributed by atoms with Crippen LogP contribution in [0, 0.1) is 11.8 Å². The van der Waals surface area contributed by atoms with E-state index in [1.807, 2.05) is 0 Å². The molecule has 0 radical (unpaired) electrons. The maximum Gasteiger partial charge on any atom is 0.0168 e. The van der Waals surface area contributed by atoms with Gasteiger partial charge in [-0.05, 0) is 45.7 Å². The van der Waals surface area contributed by atoms with Crippen LogP contribution in [0.1, 0.15) is 20.8 Å². The van der Waals surface area contributed by atoms with E-state index in [-0.39, 0.29) is 0 Å². The predicted octanol–water partition coefficient (Wildman–Crippen LogP) is 1.49. The van der Waals surface area contributed by atoms with Crippen LogP contribution >= 0.6 is 0 Å². The van der Waals surface area contributed by atoms with Crippen LogP contribution in [0.15, 0.2) is 11.6 Å². The molecule has 2 nitrogen and oxygen atoms in total. The average Bonchev–Trinajstić information content (AvgIpc) is 2.66. The summed E-state index contributed by atoms with van der Waals surface area (Å²) in [5.74, 6) is 1.82. The van der Waals surface area contributed by atoms with E-state index in [4.69, 9.17) is 0 Å². The fourth-order valence-corrected chi connectivity index (χ4v) is 2.80. The van der Waals surface area contributed by atoms with Gasteiger partial charge in [-0.3, -0.25) is 4.90 Å². The normalized spacial score (nSPS) is 37.2. The molecule has 0 aromatic carbocycles. The Kier molecular flexibility index (Phi) is 2.93. The lowest BCUT2D eigenvalue weighted by atomic mass is 9.95. The number of hydrogen-bond acceptors (Lipinski definition) is 2. The summed E-state index contributed by atoms with van der Waals surface area (Å²) in [5, 5.41) is 3.50. The van der Waals surface area contributed by atoms with Gasteiger partial charge >= 0.3 is 0 Å². The Morgan fingerprint density at radius 2 is 2.21 bits per heavy atom. The van der Waals surface area contributed by atoms with E-state index < -0.39 is 0 Å². The number of likely N-dealkylation sites (tertiary alicyclic amines) is 1. The summed E-state index contributed by atoms with van der Waals surface area (Å²) in [4.78, 5) is 2.63. The molecule has 2 aliphatic rings. The maximum absolute atomic E-state index is 3.50. The minimum absolute atomic E-state index is 0.769. The Labute approximate surface area is 87.4 Å². The molecule has 0 aliphatic carbocycles. The molecule has 0 aromatic rings. The van der Waals surface area contributed by atoms with Crippen LogP contribution in [-0.4, -0.2) is 37.1 Å². The Hall–Kier alpha value is -0.340. The first kappa shape index (κ1) is 10.2. The van der Waals surface area contributed by atoms with E-state index in [0.717, 1.165) is 24.4 Å². The van der Waals surface area contributed by atoms with Gasteiger partial charge in [0.15, 0.2) is 0 Å². The van der Waals surface area contributed by atoms with Crippen LogP contribution in [0.25, 0.3) is 0 Å². The van der Waals surface area contributed by atoms with E-state index in [0.29, 0.717) is 0 Å². The molecular weight excluding hydrogens is 172 g/mol. The van der Waals surface area contributed by atoms with Crippen molar-refractivity contribution in [3.8, 4) is 0 Å². The Morgan fingerprint density at radius 3 is 2.86 bits per heavy atom. The van der Waals surface area contributed by atoms with E-state index >= 15 is 0 Å². The van der Waals surface area contributed by atoms with Gasteiger partial charge in [-0.25, -0.2) is 0 Å². The second kappa shape index (κ2) is 4.03. The summed E-state index contributed by atoms with van der Waals surface area (Å²) < 4.78 is 0. The van der Waals surface area contributed by atoms with Crippen LogP contribution in [-0.2, 0) is 0 Å². The van der Waals surface area contributed by atoms with E-state index in [1.165, 1.54) is 25.2 Å². The highest BCUT2D eigenvalue weighted by Crippen LogP contribution is 2.31. The molecule has 0 saturated carbocycles. The van der Waals surface area contributed by atoms with Crippen LogP contribution < -0.4 is 5.32 Å². The maximum atomic E-state index is 3.50. The molecule has 80 valence electrons. The number of nitrogens with zero attached hydrogens (tertiary/aromatic N) is 1. The standard InChI is InChI=1S/C12H22N2/c1-9(2)4-5-14-8-11-6-13-7-12(11)10(14)3/h4,10-13H,5-8H2,1-3H3. The van der Waals surface area contributed by atoms with Crippen molar-refractivity contribution in [2.45, 2.75) is 26.8 Å². The van der Waals surface area contributed by atoms with Crippen LogP contribution in [0.3, 0.4) is 0 Å². The Balaban J connectivity index is 1.93. The zero-order valence-corrected chi connectivity index (χ0v) is 9.59. The lowest BCUT2D eigenvalue weighted by Crippen LogP contribution is -2.33. The molecule has 2 rings (SSSR count). The van der Waals surface area contributed by atoms with Crippen molar-refractivity contribution in [3.05, 3.63) is 11.6 Å². The zero-order valence-electron chi connectivity index (χ0n) is 9.59. The molecule has 2 fully saturated rings. The smallest absolute Gasteiger partial charge is 0.0168 e. The molecule has 3 atom stereocenters. The summed E-state index contributed by atoms with van der Waals surface area (Å²) in [6, 6.07) is 0.769. The minimum Gasteiger partial charge on any atom is -0.316 e. The molecule has 2 saturated heterocycles. The van der Waals surface area contributed by atoms with Gasteiger partial charge in [0.1, 0.15) is 0 Å². The number of fused-ring (bicyclic) bond motifs is 1. The first-order valence-electron chi connectivity index (χ1n) is 5.76. The van der Waals surface area contributed by atoms with Crippen molar-refractivity contribution >= 4 is 0 Å². The summed E-state index contributed by atoms with van der Waals surface area (Å²) in [7, 11) is 0. The van der Waals surface area contributed by atoms with Crippen molar-refractivity contribution < 1.29 is 0 Å². The quantitative estimate of drug-likeness (QED) is 0.670. The largest absolute Gasteiger partial charge is 0.316 e. The molecule has 2 heteroatoms. The number of allylic oxidation sites excluding steroid dienone is 1. The number of rotatable bonds is 2. The molecule has 0 amide bonds. The summed E-state index contributed by atoms with van der Waals surface area (Å²) in [6.45, 7) is 11.7. The third-order valence-electron chi connectivity index (χ3n) is 3.79. The van der Waals surface area contributed by atoms with E-state index in [1.54, 1.807) is 0 Å². The second-order valence-electron chi connectivity index (χ2n) is 5.06. The van der Waals surface area contributed by atoms with Crippen molar-refractivity contribution in [2.75, 3.05) is 26.2 Å². The van der Waals surface area contributed by atoms with Gasteiger partial charge in [-0.2, -0.15) is 0 Å². The van der Waals surface area contributed by atoms with Gasteiger partial charge in [0.2, 0.25) is 0 Å². The first-order chi connectivity index (χ1) is 6.68. The number of nitrogens with one attached hydrogen (secondary N) is 1. The van der Waals surface area contributed by atoms with Crippen LogP contribution in [0.2, 0.25) is 0 Å². The molecule has 2 aliphatic heterocycles. The van der Waals surface area contributed by atoms with E-state index in [9.17, 15) is 0 Å². The highest BCUT2D eigenvalue weighted by Gasteiger charge is 2.40. The van der Waals surface area contributed by atoms with Gasteiger partial charge in [0.05, 0.1) is 0 Å². The van der Waals surface area contributed by atoms with Gasteiger partial charge in [-0.1, -0.05) is 11.6 Å². The van der Waals surface area contributed by atoms with Crippen molar-refractivity contribution in [1.29, 1.82) is 0 Å². The fourth-order valence-electron chi connectivity index (χ4n) is 2.80. The van der Waals surface area contributed by atoms with Crippen LogP contribution in [0.5, 0.6) is 0 Å². The monoisotopic (exact) mass is 194 g/mol. The third-order valence-corrected chi connectivity index (χ3v) is 3.79. The van der Waals surface area contributed by atoms with Gasteiger partial charge < -0.3 is 5.32 Å². The summed E-state index contributed by atoms with van der Waals surface area (Å²) in [6.07, 6.45) is 2.35. The van der Waals surface area contributed by atoms with Gasteiger partial charge in [0.25, 0.3) is 0 Å². The molecular formula is C12H22N2. The number of hydrogen-bond donors (Lipinski definition) is 1. The molecule has 3 unspecified atom stereocenters. The molecule has 14 heavy (non-hydrogen) atoms. The molecule has 0 spiro atoms. The predicted molar refractivity (Wildman–Crippen MR) is 60.3 cm³/mol. The Morgan fingerprint density at radius 1 is 1.43 bits per heavy atom. The molecule has 1 N–H and O–H groups in total. The summed E-state index contributed by atoms with van der Waals surface area (Å²) in [5.41, 5.74) is 1.44. The highest BCUT2D eigenvalue weighted by atomic mass is 15.2. The highest BCUT2D eigenvalue weighted by molar-refractivity contribution is 5.01. The van der Waals surface area contributed by atoms with Crippen molar-refractivity contribution in [3.63, 3.8) is 0 Å². The summed E-state index contributed by atoms with van der Waals surface area (Å²) >= 11 is 0. The van der Waals surface area contributed by atoms with Crippen LogP contribution in [0.4, 0.5) is 0 Å². The van der Waals surface area contributed by atoms with Crippen molar-refractivity contribution in [1.82, 2.24) is 10.2 Å². The van der Waals surface area contributed by atoms with Crippen molar-refractivity contribution in [2.24, 2.45) is 11.8 Å². The molecule has 0 bridgehead atoms. The minimum atomic E-state index is 0.769. The SMILES string of the molecule is CC(C)=CCN1CC2CNCC2C1C. The van der Waals surface area contributed by atoms with E-state index in [2.05, 4.69) is 37.1 Å². The topological polar surface area (TPSA) is 15.3 Å². The lowest BCUT2D eigenvalue weighted by Gasteiger charge is -2.22. The average molecular weight is 194 g/mol. The van der Waals surface area contributed by atoms with Gasteiger partial charge in [0, 0.05) is 19.1 Å². The lowest BCUT2D eigenvalue weighted by molar-refractivity contribution is 0.264. The third kappa shape index (κ3) is 1.86. The van der Waals surface area contributed by atoms with Gasteiger partial charge in [-0.15, -0.1) is 0 Å². The fraction of sp³-hybridized carbons (Fsp3) is 0.833. The Bertz CT molecular complexity index is 230. The zero-order chi connectivity index (χ0) is 10.1. The first-order valence-corrected chi connectivity index (χ1v) is 5.76.